The van der Waals surface area contributed by atoms with E-state index in [2.05, 4.69) is 15.6 Å². The van der Waals surface area contributed by atoms with Crippen LogP contribution in [0.1, 0.15) is 31.1 Å². The van der Waals surface area contributed by atoms with Crippen molar-refractivity contribution in [1.82, 2.24) is 20.5 Å². The number of benzene rings is 1. The number of hydrogen-bond acceptors (Lipinski definition) is 4. The van der Waals surface area contributed by atoms with E-state index in [9.17, 15) is 10.0 Å². The molecule has 0 spiro atoms. The molecule has 0 saturated heterocycles. The summed E-state index contributed by atoms with van der Waals surface area (Å²) < 4.78 is 0. The molecule has 0 radical (unpaired) electrons. The molecule has 0 atom stereocenters. The topological polar surface area (TPSA) is 80.0 Å². The van der Waals surface area contributed by atoms with Gasteiger partial charge >= 0.3 is 0 Å². The number of hydrogen-bond donors (Lipinski definition) is 2. The van der Waals surface area contributed by atoms with Crippen molar-refractivity contribution >= 4 is 16.9 Å². The molecule has 90 valence electrons. The van der Waals surface area contributed by atoms with Crippen LogP contribution in [0, 0.1) is 0 Å². The summed E-state index contributed by atoms with van der Waals surface area (Å²) >= 11 is 0. The monoisotopic (exact) mass is 234 g/mol. The highest BCUT2D eigenvalue weighted by atomic mass is 16.5. The van der Waals surface area contributed by atoms with Gasteiger partial charge < -0.3 is 10.5 Å². The lowest BCUT2D eigenvalue weighted by Gasteiger charge is -2.20. The van der Waals surface area contributed by atoms with Crippen LogP contribution in [-0.2, 0) is 0 Å². The van der Waals surface area contributed by atoms with Gasteiger partial charge in [-0.1, -0.05) is 4.85 Å². The molecule has 17 heavy (non-hydrogen) atoms. The average Bonchev–Trinajstić information content (AvgIpc) is 2.57. The van der Waals surface area contributed by atoms with Crippen molar-refractivity contribution in [2.75, 3.05) is 0 Å². The SMILES string of the molecule is CC(C)(C)NC(=O)c1ccc2nnn(O)c2c1. The van der Waals surface area contributed by atoms with Crippen LogP contribution in [-0.4, -0.2) is 31.8 Å². The van der Waals surface area contributed by atoms with Crippen LogP contribution in [0.2, 0.25) is 0 Å². The summed E-state index contributed by atoms with van der Waals surface area (Å²) in [6.45, 7) is 5.71. The minimum absolute atomic E-state index is 0.194. The highest BCUT2D eigenvalue weighted by Crippen LogP contribution is 2.13. The molecule has 1 aromatic heterocycles. The van der Waals surface area contributed by atoms with Gasteiger partial charge in [0, 0.05) is 11.1 Å². The first-order chi connectivity index (χ1) is 7.87. The van der Waals surface area contributed by atoms with Gasteiger partial charge in [0.25, 0.3) is 5.91 Å². The van der Waals surface area contributed by atoms with E-state index in [1.165, 1.54) is 0 Å². The summed E-state index contributed by atoms with van der Waals surface area (Å²) in [5, 5.41) is 19.4. The Morgan fingerprint density at radius 2 is 2.12 bits per heavy atom. The lowest BCUT2D eigenvalue weighted by Crippen LogP contribution is -2.40. The molecule has 1 amide bonds. The van der Waals surface area contributed by atoms with E-state index in [1.807, 2.05) is 20.8 Å². The van der Waals surface area contributed by atoms with Gasteiger partial charge in [0.2, 0.25) is 0 Å². The maximum Gasteiger partial charge on any atom is 0.251 e. The van der Waals surface area contributed by atoms with E-state index in [0.29, 0.717) is 21.4 Å². The number of nitrogens with one attached hydrogen (secondary N) is 1. The number of aromatic nitrogens is 3. The first-order valence-electron chi connectivity index (χ1n) is 5.24. The molecule has 1 aromatic carbocycles. The van der Waals surface area contributed by atoms with Crippen LogP contribution in [0.3, 0.4) is 0 Å². The van der Waals surface area contributed by atoms with E-state index in [0.717, 1.165) is 0 Å². The Morgan fingerprint density at radius 1 is 1.41 bits per heavy atom. The third kappa shape index (κ3) is 2.35. The third-order valence-electron chi connectivity index (χ3n) is 2.18. The molecule has 6 heteroatoms. The molecule has 0 saturated carbocycles. The molecule has 0 unspecified atom stereocenters. The second kappa shape index (κ2) is 3.73. The molecule has 0 aliphatic rings. The maximum absolute atomic E-state index is 11.9. The number of nitrogens with zero attached hydrogens (tertiary/aromatic N) is 3. The number of carbonyl (C=O) groups excluding carboxylic acids is 1. The van der Waals surface area contributed by atoms with Gasteiger partial charge in [0.05, 0.1) is 0 Å². The molecule has 0 aliphatic heterocycles. The van der Waals surface area contributed by atoms with Crippen molar-refractivity contribution < 1.29 is 10.0 Å². The quantitative estimate of drug-likeness (QED) is 0.726. The van der Waals surface area contributed by atoms with Gasteiger partial charge in [-0.25, -0.2) is 0 Å². The lowest BCUT2D eigenvalue weighted by atomic mass is 10.1. The average molecular weight is 234 g/mol. The van der Waals surface area contributed by atoms with Crippen LogP contribution >= 0.6 is 0 Å². The highest BCUT2D eigenvalue weighted by Gasteiger charge is 2.16. The summed E-state index contributed by atoms with van der Waals surface area (Å²) in [5.41, 5.74) is 1.11. The number of rotatable bonds is 1. The fraction of sp³-hybridized carbons (Fsp3) is 0.364. The van der Waals surface area contributed by atoms with Gasteiger partial charge in [-0.2, -0.15) is 0 Å². The van der Waals surface area contributed by atoms with Crippen molar-refractivity contribution in [1.29, 1.82) is 0 Å². The Hall–Kier alpha value is -2.11. The van der Waals surface area contributed by atoms with Gasteiger partial charge in [-0.3, -0.25) is 4.79 Å². The Labute approximate surface area is 98.2 Å². The summed E-state index contributed by atoms with van der Waals surface area (Å²) in [5.74, 6) is -0.194. The Bertz CT molecular complexity index is 568. The molecule has 0 fully saturated rings. The van der Waals surface area contributed by atoms with Crippen molar-refractivity contribution in [3.8, 4) is 0 Å². The van der Waals surface area contributed by atoms with Crippen molar-refractivity contribution in [2.24, 2.45) is 0 Å². The minimum atomic E-state index is -0.302. The first kappa shape index (κ1) is 11.4. The fourth-order valence-corrected chi connectivity index (χ4v) is 1.46. The normalized spacial score (nSPS) is 11.7. The van der Waals surface area contributed by atoms with Crippen LogP contribution in [0.25, 0.3) is 11.0 Å². The van der Waals surface area contributed by atoms with E-state index < -0.39 is 0 Å². The standard InChI is InChI=1S/C11H14N4O2/c1-11(2,3)12-10(16)7-4-5-8-9(6-7)15(17)14-13-8/h4-6,17H,1-3H3,(H,12,16). The highest BCUT2D eigenvalue weighted by molar-refractivity contribution is 5.97. The second-order valence-corrected chi connectivity index (χ2v) is 4.89. The molecule has 0 aliphatic carbocycles. The van der Waals surface area contributed by atoms with E-state index >= 15 is 0 Å². The summed E-state index contributed by atoms with van der Waals surface area (Å²) in [7, 11) is 0. The van der Waals surface area contributed by atoms with Gasteiger partial charge in [0.15, 0.2) is 0 Å². The third-order valence-corrected chi connectivity index (χ3v) is 2.18. The Kier molecular flexibility index (Phi) is 2.49. The van der Waals surface area contributed by atoms with Crippen LogP contribution < -0.4 is 5.32 Å². The largest absolute Gasteiger partial charge is 0.410 e. The van der Waals surface area contributed by atoms with E-state index in [-0.39, 0.29) is 11.4 Å². The van der Waals surface area contributed by atoms with Crippen molar-refractivity contribution in [3.63, 3.8) is 0 Å². The molecular formula is C11H14N4O2. The lowest BCUT2D eigenvalue weighted by molar-refractivity contribution is 0.0919. The predicted molar refractivity (Wildman–Crippen MR) is 61.9 cm³/mol. The molecule has 6 nitrogen and oxygen atoms in total. The molecule has 0 bridgehead atoms. The van der Waals surface area contributed by atoms with E-state index in [4.69, 9.17) is 0 Å². The summed E-state index contributed by atoms with van der Waals surface area (Å²) in [4.78, 5) is 12.6. The minimum Gasteiger partial charge on any atom is -0.410 e. The molecule has 2 aromatic rings. The molecular weight excluding hydrogens is 220 g/mol. The van der Waals surface area contributed by atoms with Crippen molar-refractivity contribution in [3.05, 3.63) is 23.8 Å². The summed E-state index contributed by atoms with van der Waals surface area (Å²) in [6.07, 6.45) is 0. The van der Waals surface area contributed by atoms with Gasteiger partial charge in [0.1, 0.15) is 11.0 Å². The number of amides is 1. The van der Waals surface area contributed by atoms with Crippen LogP contribution in [0.5, 0.6) is 0 Å². The van der Waals surface area contributed by atoms with E-state index in [1.54, 1.807) is 18.2 Å². The first-order valence-corrected chi connectivity index (χ1v) is 5.24. The van der Waals surface area contributed by atoms with Crippen LogP contribution in [0.4, 0.5) is 0 Å². The van der Waals surface area contributed by atoms with Gasteiger partial charge in [-0.05, 0) is 44.2 Å². The molecule has 1 heterocycles. The Balaban J connectivity index is 2.36. The maximum atomic E-state index is 11.9. The number of carbonyl (C=O) groups is 1. The van der Waals surface area contributed by atoms with Gasteiger partial charge in [-0.15, -0.1) is 5.10 Å². The zero-order valence-electron chi connectivity index (χ0n) is 9.93. The second-order valence-electron chi connectivity index (χ2n) is 4.89. The zero-order valence-corrected chi connectivity index (χ0v) is 9.93. The Morgan fingerprint density at radius 3 is 2.76 bits per heavy atom. The van der Waals surface area contributed by atoms with Crippen LogP contribution in [0.15, 0.2) is 18.2 Å². The molecule has 2 rings (SSSR count). The smallest absolute Gasteiger partial charge is 0.251 e. The fourth-order valence-electron chi connectivity index (χ4n) is 1.46. The molecule has 2 N–H and O–H groups in total. The summed E-state index contributed by atoms with van der Waals surface area (Å²) in [6, 6.07) is 4.85. The zero-order chi connectivity index (χ0) is 12.6. The predicted octanol–water partition coefficient (Wildman–Crippen LogP) is 1.20. The van der Waals surface area contributed by atoms with Crippen molar-refractivity contribution in [2.45, 2.75) is 26.3 Å². The number of fused-ring (bicyclic) bond motifs is 1.